The third kappa shape index (κ3) is 2.53. The lowest BCUT2D eigenvalue weighted by molar-refractivity contribution is 0.321. The average molecular weight is 336 g/mol. The molecule has 0 aliphatic carbocycles. The third-order valence-electron chi connectivity index (χ3n) is 3.10. The first-order valence-corrected chi connectivity index (χ1v) is 7.33. The molecule has 5 nitrogen and oxygen atoms in total. The first-order valence-electron chi connectivity index (χ1n) is 6.57. The molecule has 3 rings (SSSR count). The van der Waals surface area contributed by atoms with E-state index in [2.05, 4.69) is 10.1 Å². The van der Waals surface area contributed by atoms with Gasteiger partial charge in [0, 0.05) is 11.6 Å². The standard InChI is InChI=1S/C15H11Cl2N3O2/c1-2-22-12-7-6-11-14(15(21)18-8-20(11)19-12)13-9(16)4-3-5-10(13)17/h3-8H,2H2,1H3. The number of nitrogens with zero attached hydrogens (tertiary/aromatic N) is 3. The molecule has 0 radical (unpaired) electrons. The zero-order chi connectivity index (χ0) is 15.7. The Kier molecular flexibility index (Phi) is 4.00. The van der Waals surface area contributed by atoms with Gasteiger partial charge in [-0.1, -0.05) is 29.3 Å². The van der Waals surface area contributed by atoms with Gasteiger partial charge >= 0.3 is 0 Å². The first kappa shape index (κ1) is 14.8. The van der Waals surface area contributed by atoms with Crippen molar-refractivity contribution in [1.82, 2.24) is 14.6 Å². The fraction of sp³-hybridized carbons (Fsp3) is 0.133. The summed E-state index contributed by atoms with van der Waals surface area (Å²) < 4.78 is 6.82. The summed E-state index contributed by atoms with van der Waals surface area (Å²) in [4.78, 5) is 16.1. The molecule has 0 saturated heterocycles. The van der Waals surface area contributed by atoms with E-state index < -0.39 is 5.56 Å². The van der Waals surface area contributed by atoms with Gasteiger partial charge in [0.2, 0.25) is 5.88 Å². The van der Waals surface area contributed by atoms with Crippen LogP contribution in [0.2, 0.25) is 10.0 Å². The van der Waals surface area contributed by atoms with E-state index in [9.17, 15) is 4.79 Å². The van der Waals surface area contributed by atoms with Crippen LogP contribution in [0.5, 0.6) is 5.88 Å². The number of aromatic nitrogens is 3. The van der Waals surface area contributed by atoms with Crippen LogP contribution in [0, 0.1) is 0 Å². The molecule has 0 N–H and O–H groups in total. The van der Waals surface area contributed by atoms with Crippen LogP contribution >= 0.6 is 23.2 Å². The molecule has 7 heteroatoms. The number of hydrogen-bond acceptors (Lipinski definition) is 4. The Labute approximate surface area is 136 Å². The predicted octanol–water partition coefficient (Wildman–Crippen LogP) is 3.46. The van der Waals surface area contributed by atoms with E-state index >= 15 is 0 Å². The second kappa shape index (κ2) is 5.94. The minimum absolute atomic E-state index is 0.314. The van der Waals surface area contributed by atoms with Crippen LogP contribution in [0.3, 0.4) is 0 Å². The molecule has 0 amide bonds. The van der Waals surface area contributed by atoms with Crippen LogP contribution in [-0.4, -0.2) is 21.2 Å². The number of fused-ring (bicyclic) bond motifs is 1. The van der Waals surface area contributed by atoms with Crippen molar-refractivity contribution in [1.29, 1.82) is 0 Å². The molecule has 0 aliphatic heterocycles. The molecule has 3 aromatic rings. The van der Waals surface area contributed by atoms with Crippen LogP contribution in [0.4, 0.5) is 0 Å². The first-order chi connectivity index (χ1) is 10.6. The molecule has 0 aliphatic rings. The quantitative estimate of drug-likeness (QED) is 0.735. The number of rotatable bonds is 3. The number of ether oxygens (including phenoxy) is 1. The molecule has 2 heterocycles. The molecule has 0 saturated carbocycles. The lowest BCUT2D eigenvalue weighted by Crippen LogP contribution is -2.14. The number of halogens is 2. The summed E-state index contributed by atoms with van der Waals surface area (Å²) in [5, 5.41) is 5.02. The van der Waals surface area contributed by atoms with Crippen LogP contribution in [0.1, 0.15) is 6.92 Å². The largest absolute Gasteiger partial charge is 0.477 e. The zero-order valence-corrected chi connectivity index (χ0v) is 13.1. The van der Waals surface area contributed by atoms with Crippen molar-refractivity contribution in [3.8, 4) is 17.0 Å². The summed E-state index contributed by atoms with van der Waals surface area (Å²) in [6.07, 6.45) is 1.34. The van der Waals surface area contributed by atoms with Crippen molar-refractivity contribution >= 4 is 28.7 Å². The lowest BCUT2D eigenvalue weighted by atomic mass is 10.1. The maximum Gasteiger partial charge on any atom is 0.281 e. The van der Waals surface area contributed by atoms with Gasteiger partial charge in [-0.2, -0.15) is 4.98 Å². The molecule has 0 fully saturated rings. The summed E-state index contributed by atoms with van der Waals surface area (Å²) >= 11 is 12.4. The predicted molar refractivity (Wildman–Crippen MR) is 85.9 cm³/mol. The molecule has 0 atom stereocenters. The molecular weight excluding hydrogens is 325 g/mol. The number of benzene rings is 1. The highest BCUT2D eigenvalue weighted by Gasteiger charge is 2.16. The molecule has 0 unspecified atom stereocenters. The van der Waals surface area contributed by atoms with E-state index in [1.165, 1.54) is 10.8 Å². The van der Waals surface area contributed by atoms with E-state index in [1.807, 2.05) is 6.92 Å². The highest BCUT2D eigenvalue weighted by molar-refractivity contribution is 6.39. The van der Waals surface area contributed by atoms with Gasteiger partial charge in [-0.3, -0.25) is 4.79 Å². The normalized spacial score (nSPS) is 10.9. The summed E-state index contributed by atoms with van der Waals surface area (Å²) in [5.74, 6) is 0.441. The van der Waals surface area contributed by atoms with Gasteiger partial charge in [-0.25, -0.2) is 4.52 Å². The van der Waals surface area contributed by atoms with Gasteiger partial charge in [0.05, 0.1) is 27.7 Å². The van der Waals surface area contributed by atoms with Crippen molar-refractivity contribution in [2.75, 3.05) is 6.61 Å². The van der Waals surface area contributed by atoms with Crippen molar-refractivity contribution < 1.29 is 4.74 Å². The Hall–Kier alpha value is -2.11. The van der Waals surface area contributed by atoms with Gasteiger partial charge < -0.3 is 4.74 Å². The third-order valence-corrected chi connectivity index (χ3v) is 3.73. The Bertz CT molecular complexity index is 889. The highest BCUT2D eigenvalue weighted by atomic mass is 35.5. The van der Waals surface area contributed by atoms with Crippen LogP contribution in [0.25, 0.3) is 16.6 Å². The second-order valence-electron chi connectivity index (χ2n) is 4.46. The molecule has 1 aromatic carbocycles. The van der Waals surface area contributed by atoms with Crippen molar-refractivity contribution in [2.24, 2.45) is 0 Å². The molecule has 0 bridgehead atoms. The fourth-order valence-corrected chi connectivity index (χ4v) is 2.77. The maximum absolute atomic E-state index is 12.2. The smallest absolute Gasteiger partial charge is 0.281 e. The van der Waals surface area contributed by atoms with E-state index in [-0.39, 0.29) is 0 Å². The minimum Gasteiger partial charge on any atom is -0.477 e. The van der Waals surface area contributed by atoms with E-state index in [0.717, 1.165) is 0 Å². The maximum atomic E-state index is 12.2. The van der Waals surface area contributed by atoms with E-state index in [4.69, 9.17) is 27.9 Å². The average Bonchev–Trinajstić information content (AvgIpc) is 2.49. The van der Waals surface area contributed by atoms with Crippen LogP contribution in [-0.2, 0) is 0 Å². The van der Waals surface area contributed by atoms with Crippen LogP contribution in [0.15, 0.2) is 41.5 Å². The Morgan fingerprint density at radius 2 is 1.86 bits per heavy atom. The lowest BCUT2D eigenvalue weighted by Gasteiger charge is -2.10. The SMILES string of the molecule is CCOc1ccc2c(-c3c(Cl)cccc3Cl)c(=O)ncn2n1. The van der Waals surface area contributed by atoms with Gasteiger partial charge in [0.15, 0.2) is 0 Å². The Morgan fingerprint density at radius 1 is 1.14 bits per heavy atom. The number of hydrogen-bond donors (Lipinski definition) is 0. The van der Waals surface area contributed by atoms with Crippen molar-refractivity contribution in [3.05, 3.63) is 57.1 Å². The summed E-state index contributed by atoms with van der Waals surface area (Å²) in [5.41, 5.74) is 0.903. The van der Waals surface area contributed by atoms with Gasteiger partial charge in [0.1, 0.15) is 6.33 Å². The summed E-state index contributed by atoms with van der Waals surface area (Å²) in [7, 11) is 0. The monoisotopic (exact) mass is 335 g/mol. The summed E-state index contributed by atoms with van der Waals surface area (Å²) in [6.45, 7) is 2.36. The summed E-state index contributed by atoms with van der Waals surface area (Å²) in [6, 6.07) is 8.49. The highest BCUT2D eigenvalue weighted by Crippen LogP contribution is 2.34. The van der Waals surface area contributed by atoms with E-state index in [0.29, 0.717) is 39.2 Å². The second-order valence-corrected chi connectivity index (χ2v) is 5.27. The molecule has 2 aromatic heterocycles. The van der Waals surface area contributed by atoms with E-state index in [1.54, 1.807) is 30.3 Å². The zero-order valence-electron chi connectivity index (χ0n) is 11.6. The Morgan fingerprint density at radius 3 is 2.55 bits per heavy atom. The molecular formula is C15H11Cl2N3O2. The minimum atomic E-state index is -0.416. The van der Waals surface area contributed by atoms with Gasteiger partial charge in [0.25, 0.3) is 5.56 Å². The topological polar surface area (TPSA) is 56.5 Å². The molecule has 112 valence electrons. The van der Waals surface area contributed by atoms with Gasteiger partial charge in [-0.05, 0) is 25.1 Å². The Balaban J connectivity index is 2.34. The molecule has 0 spiro atoms. The van der Waals surface area contributed by atoms with Crippen molar-refractivity contribution in [2.45, 2.75) is 6.92 Å². The van der Waals surface area contributed by atoms with Crippen molar-refractivity contribution in [3.63, 3.8) is 0 Å². The molecule has 22 heavy (non-hydrogen) atoms. The van der Waals surface area contributed by atoms with Crippen LogP contribution < -0.4 is 10.3 Å². The van der Waals surface area contributed by atoms with Gasteiger partial charge in [-0.15, -0.1) is 5.10 Å². The fourth-order valence-electron chi connectivity index (χ4n) is 2.18.